The van der Waals surface area contributed by atoms with Crippen molar-refractivity contribution >= 4 is 29.7 Å². The highest BCUT2D eigenvalue weighted by molar-refractivity contribution is 7.98. The Hall–Kier alpha value is -2.72. The Morgan fingerprint density at radius 2 is 1.61 bits per heavy atom. The molecular weight excluding hydrogens is 422 g/mol. The molecule has 9 nitrogen and oxygen atoms in total. The Balaban J connectivity index is 0.000000954. The summed E-state index contributed by atoms with van der Waals surface area (Å²) < 4.78 is 5.74. The Morgan fingerprint density at radius 3 is 2.03 bits per heavy atom. The predicted molar refractivity (Wildman–Crippen MR) is 122 cm³/mol. The zero-order chi connectivity index (χ0) is 23.8. The lowest BCUT2D eigenvalue weighted by Crippen LogP contribution is -2.47. The van der Waals surface area contributed by atoms with E-state index in [1.807, 2.05) is 63.4 Å². The van der Waals surface area contributed by atoms with Gasteiger partial charge in [0.05, 0.1) is 6.54 Å². The summed E-state index contributed by atoms with van der Waals surface area (Å²) in [5, 5.41) is 18.6. The van der Waals surface area contributed by atoms with Gasteiger partial charge in [-0.25, -0.2) is 14.4 Å². The van der Waals surface area contributed by atoms with E-state index in [9.17, 15) is 14.4 Å². The van der Waals surface area contributed by atoms with E-state index in [0.29, 0.717) is 31.8 Å². The van der Waals surface area contributed by atoms with Crippen LogP contribution in [0.1, 0.15) is 13.8 Å². The van der Waals surface area contributed by atoms with Crippen LogP contribution in [0.2, 0.25) is 0 Å². The molecule has 0 aliphatic rings. The third-order valence-corrected chi connectivity index (χ3v) is 4.49. The number of carbonyl (C=O) groups is 3. The molecule has 0 heterocycles. The summed E-state index contributed by atoms with van der Waals surface area (Å²) in [6.07, 6.45) is 3.16. The van der Waals surface area contributed by atoms with Crippen molar-refractivity contribution in [3.8, 4) is 5.75 Å². The fraction of sp³-hybridized carbons (Fsp3) is 0.476. The van der Waals surface area contributed by atoms with E-state index in [4.69, 9.17) is 14.9 Å². The lowest BCUT2D eigenvalue weighted by molar-refractivity contribution is -0.134. The number of rotatable bonds is 11. The second-order valence-corrected chi connectivity index (χ2v) is 7.74. The fourth-order valence-corrected chi connectivity index (χ4v) is 2.57. The van der Waals surface area contributed by atoms with Crippen molar-refractivity contribution in [1.29, 1.82) is 0 Å². The van der Waals surface area contributed by atoms with E-state index < -0.39 is 11.9 Å². The first-order chi connectivity index (χ1) is 14.6. The molecule has 1 aromatic carbocycles. The summed E-state index contributed by atoms with van der Waals surface area (Å²) >= 11 is 1.70. The van der Waals surface area contributed by atoms with Crippen molar-refractivity contribution in [1.82, 2.24) is 15.1 Å². The molecule has 0 unspecified atom stereocenters. The average molecular weight is 456 g/mol. The molecule has 0 bridgehead atoms. The van der Waals surface area contributed by atoms with Crippen LogP contribution in [0.15, 0.2) is 41.3 Å². The highest BCUT2D eigenvalue weighted by atomic mass is 32.2. The van der Waals surface area contributed by atoms with Crippen LogP contribution in [0.25, 0.3) is 0 Å². The minimum absolute atomic E-state index is 0.0387. The number of hydrogen-bond donors (Lipinski definition) is 3. The number of benzene rings is 1. The summed E-state index contributed by atoms with van der Waals surface area (Å²) in [7, 11) is 3.98. The molecule has 2 amide bonds. The van der Waals surface area contributed by atoms with Crippen molar-refractivity contribution in [3.05, 3.63) is 36.4 Å². The smallest absolute Gasteiger partial charge is 0.328 e. The molecule has 3 N–H and O–H groups in total. The zero-order valence-electron chi connectivity index (χ0n) is 18.7. The molecule has 0 spiro atoms. The quantitative estimate of drug-likeness (QED) is 0.344. The fourth-order valence-electron chi connectivity index (χ4n) is 2.16. The lowest BCUT2D eigenvalue weighted by atomic mass is 10.3. The van der Waals surface area contributed by atoms with E-state index in [2.05, 4.69) is 5.32 Å². The number of carbonyl (C=O) groups excluding carboxylic acids is 1. The van der Waals surface area contributed by atoms with Gasteiger partial charge in [-0.3, -0.25) is 0 Å². The van der Waals surface area contributed by atoms with Crippen molar-refractivity contribution in [3.63, 3.8) is 0 Å². The van der Waals surface area contributed by atoms with Crippen LogP contribution in [-0.2, 0) is 9.59 Å². The number of hydrogen-bond acceptors (Lipinski definition) is 6. The Morgan fingerprint density at radius 1 is 1.06 bits per heavy atom. The van der Waals surface area contributed by atoms with Crippen LogP contribution in [0.5, 0.6) is 5.75 Å². The molecule has 1 aromatic rings. The van der Waals surface area contributed by atoms with Gasteiger partial charge in [-0.05, 0) is 58.5 Å². The molecule has 10 heteroatoms. The van der Waals surface area contributed by atoms with Gasteiger partial charge in [-0.2, -0.15) is 0 Å². The first-order valence-electron chi connectivity index (χ1n) is 9.66. The predicted octanol–water partition coefficient (Wildman–Crippen LogP) is 2.48. The maximum atomic E-state index is 12.2. The molecular formula is C21H33N3O6S. The monoisotopic (exact) mass is 455 g/mol. The first-order valence-corrected chi connectivity index (χ1v) is 10.9. The largest absolute Gasteiger partial charge is 0.492 e. The third kappa shape index (κ3) is 14.8. The summed E-state index contributed by atoms with van der Waals surface area (Å²) in [4.78, 5) is 36.4. The summed E-state index contributed by atoms with van der Waals surface area (Å²) in [5.74, 6) is -1.68. The third-order valence-electron chi connectivity index (χ3n) is 3.75. The molecule has 0 aliphatic carbocycles. The number of amides is 2. The van der Waals surface area contributed by atoms with Gasteiger partial charge in [0.1, 0.15) is 12.4 Å². The van der Waals surface area contributed by atoms with Gasteiger partial charge in [-0.15, -0.1) is 11.8 Å². The molecule has 0 aliphatic heterocycles. The summed E-state index contributed by atoms with van der Waals surface area (Å²) in [5.41, 5.74) is 0. The highest BCUT2D eigenvalue weighted by Gasteiger charge is 2.16. The van der Waals surface area contributed by atoms with Crippen molar-refractivity contribution in [2.45, 2.75) is 24.8 Å². The molecule has 1 rings (SSSR count). The second kappa shape index (κ2) is 16.0. The van der Waals surface area contributed by atoms with Gasteiger partial charge >= 0.3 is 18.0 Å². The van der Waals surface area contributed by atoms with E-state index in [1.54, 1.807) is 16.7 Å². The molecule has 0 atom stereocenters. The normalized spacial score (nSPS) is 10.5. The van der Waals surface area contributed by atoms with Gasteiger partial charge in [0, 0.05) is 36.2 Å². The van der Waals surface area contributed by atoms with E-state index in [-0.39, 0.29) is 12.1 Å². The number of thioether (sulfide) groups is 1. The number of nitrogens with zero attached hydrogens (tertiary/aromatic N) is 2. The number of ether oxygens (including phenoxy) is 1. The standard InChI is InChI=1S/C17H29N3O2S.C4H4O4/c1-14(2)20(17(21)18-10-11-19(3)4)12-13-22-15-6-8-16(23-5)9-7-15;5-3(6)1-2-4(7)8/h6-9,14H,10-13H2,1-5H3,(H,18,21);1-2H,(H,5,6)(H,7,8)/b;2-1-. The molecule has 0 saturated heterocycles. The minimum atomic E-state index is -1.26. The minimum Gasteiger partial charge on any atom is -0.492 e. The highest BCUT2D eigenvalue weighted by Crippen LogP contribution is 2.18. The second-order valence-electron chi connectivity index (χ2n) is 6.86. The van der Waals surface area contributed by atoms with Crippen LogP contribution in [0.4, 0.5) is 4.79 Å². The van der Waals surface area contributed by atoms with Gasteiger partial charge in [0.15, 0.2) is 0 Å². The van der Waals surface area contributed by atoms with Crippen LogP contribution >= 0.6 is 11.8 Å². The van der Waals surface area contributed by atoms with Crippen molar-refractivity contribution in [2.75, 3.05) is 46.6 Å². The molecule has 31 heavy (non-hydrogen) atoms. The van der Waals surface area contributed by atoms with E-state index >= 15 is 0 Å². The zero-order valence-corrected chi connectivity index (χ0v) is 19.5. The number of carboxylic acid groups (broad SMARTS) is 2. The molecule has 0 aromatic heterocycles. The van der Waals surface area contributed by atoms with Crippen LogP contribution in [0, 0.1) is 0 Å². The Bertz CT molecular complexity index is 692. The maximum Gasteiger partial charge on any atom is 0.328 e. The lowest BCUT2D eigenvalue weighted by Gasteiger charge is -2.27. The van der Waals surface area contributed by atoms with Gasteiger partial charge in [-0.1, -0.05) is 0 Å². The van der Waals surface area contributed by atoms with Crippen LogP contribution in [-0.4, -0.2) is 90.6 Å². The number of urea groups is 1. The van der Waals surface area contributed by atoms with Crippen molar-refractivity contribution in [2.24, 2.45) is 0 Å². The summed E-state index contributed by atoms with van der Waals surface area (Å²) in [6, 6.07) is 8.09. The first kappa shape index (κ1) is 28.3. The van der Waals surface area contributed by atoms with E-state index in [1.165, 1.54) is 4.90 Å². The number of nitrogens with one attached hydrogen (secondary N) is 1. The van der Waals surface area contributed by atoms with Gasteiger partial charge in [0.2, 0.25) is 0 Å². The van der Waals surface area contributed by atoms with Crippen LogP contribution < -0.4 is 10.1 Å². The summed E-state index contributed by atoms with van der Waals surface area (Å²) in [6.45, 7) is 6.55. The molecule has 174 valence electrons. The molecule has 0 radical (unpaired) electrons. The maximum absolute atomic E-state index is 12.2. The van der Waals surface area contributed by atoms with Gasteiger partial charge < -0.3 is 30.1 Å². The Kier molecular flexibility index (Phi) is 14.6. The van der Waals surface area contributed by atoms with E-state index in [0.717, 1.165) is 12.3 Å². The SMILES string of the molecule is CSc1ccc(OCCN(C(=O)NCCN(C)C)C(C)C)cc1.O=C(O)/C=C\C(=O)O. The molecule has 0 saturated carbocycles. The van der Waals surface area contributed by atoms with Gasteiger partial charge in [0.25, 0.3) is 0 Å². The number of carboxylic acids is 2. The topological polar surface area (TPSA) is 119 Å². The Labute approximate surface area is 188 Å². The average Bonchev–Trinajstić information content (AvgIpc) is 2.70. The molecule has 0 fully saturated rings. The van der Waals surface area contributed by atoms with Crippen LogP contribution in [0.3, 0.4) is 0 Å². The van der Waals surface area contributed by atoms with Crippen molar-refractivity contribution < 1.29 is 29.3 Å². The number of aliphatic carboxylic acids is 2. The number of likely N-dealkylation sites (N-methyl/N-ethyl adjacent to an activating group) is 1.